The minimum absolute atomic E-state index is 0. The summed E-state index contributed by atoms with van der Waals surface area (Å²) in [4.78, 5) is 0. The second kappa shape index (κ2) is 6.82. The van der Waals surface area contributed by atoms with E-state index in [0.29, 0.717) is 0 Å². The van der Waals surface area contributed by atoms with Gasteiger partial charge in [-0.15, -0.1) is 0 Å². The van der Waals surface area contributed by atoms with E-state index in [-0.39, 0.29) is 25.3 Å². The zero-order valence-corrected chi connectivity index (χ0v) is 8.78. The molecule has 88 valence electrons. The fourth-order valence-corrected chi connectivity index (χ4v) is 1.39. The Morgan fingerprint density at radius 2 is 1.60 bits per heavy atom. The van der Waals surface area contributed by atoms with Gasteiger partial charge in [0, 0.05) is 0 Å². The van der Waals surface area contributed by atoms with Gasteiger partial charge >= 0.3 is 39.7 Å². The molecule has 0 aliphatic rings. The molecule has 2 N–H and O–H groups in total. The molecular weight excluding hydrogens is 247 g/mol. The standard InChI is InChI=1S/C4H10O8S2.Li.H/c1-4(12-14(8,9)10)2-3-11-13(5,6)7;;/h4H,2-3H2,1H3,(H,5,6,7)(H,8,9,10);;. The van der Waals surface area contributed by atoms with Gasteiger partial charge < -0.3 is 0 Å². The van der Waals surface area contributed by atoms with Crippen molar-refractivity contribution in [1.82, 2.24) is 0 Å². The van der Waals surface area contributed by atoms with Crippen molar-refractivity contribution in [2.24, 2.45) is 0 Å². The normalized spacial score (nSPS) is 14.3. The first-order valence-electron chi connectivity index (χ1n) is 3.38. The van der Waals surface area contributed by atoms with Crippen molar-refractivity contribution < 1.29 is 34.3 Å². The first-order valence-corrected chi connectivity index (χ1v) is 6.11. The molecule has 0 aromatic heterocycles. The molecule has 0 bridgehead atoms. The minimum atomic E-state index is -4.56. The van der Waals surface area contributed by atoms with Crippen LogP contribution in [0.5, 0.6) is 0 Å². The van der Waals surface area contributed by atoms with Gasteiger partial charge in [0.05, 0.1) is 12.7 Å². The number of hydrogen-bond acceptors (Lipinski definition) is 6. The van der Waals surface area contributed by atoms with Crippen molar-refractivity contribution in [3.63, 3.8) is 0 Å². The van der Waals surface area contributed by atoms with Crippen LogP contribution < -0.4 is 0 Å². The second-order valence-corrected chi connectivity index (χ2v) is 4.51. The quantitative estimate of drug-likeness (QED) is 0.447. The van der Waals surface area contributed by atoms with Gasteiger partial charge in [0.25, 0.3) is 0 Å². The van der Waals surface area contributed by atoms with Crippen LogP contribution in [0.2, 0.25) is 0 Å². The van der Waals surface area contributed by atoms with E-state index >= 15 is 0 Å². The van der Waals surface area contributed by atoms with Crippen LogP contribution in [-0.4, -0.2) is 57.5 Å². The summed E-state index contributed by atoms with van der Waals surface area (Å²) in [5.41, 5.74) is 0. The third-order valence-corrected chi connectivity index (χ3v) is 2.08. The van der Waals surface area contributed by atoms with Crippen LogP contribution in [0.25, 0.3) is 0 Å². The van der Waals surface area contributed by atoms with Crippen LogP contribution in [0.4, 0.5) is 0 Å². The van der Waals surface area contributed by atoms with Gasteiger partial charge in [0.15, 0.2) is 0 Å². The van der Waals surface area contributed by atoms with Gasteiger partial charge in [-0.3, -0.25) is 9.11 Å². The van der Waals surface area contributed by atoms with Gasteiger partial charge in [-0.05, 0) is 13.3 Å². The predicted octanol–water partition coefficient (Wildman–Crippen LogP) is -1.24. The first kappa shape index (κ1) is 17.7. The van der Waals surface area contributed by atoms with Crippen molar-refractivity contribution in [3.8, 4) is 0 Å². The molecule has 0 aromatic carbocycles. The molecule has 0 saturated heterocycles. The molecule has 0 aliphatic heterocycles. The first-order chi connectivity index (χ1) is 6.10. The zero-order chi connectivity index (χ0) is 11.4. The summed E-state index contributed by atoms with van der Waals surface area (Å²) in [7, 11) is -9.09. The monoisotopic (exact) mass is 258 g/mol. The van der Waals surface area contributed by atoms with E-state index in [4.69, 9.17) is 9.11 Å². The fourth-order valence-electron chi connectivity index (χ4n) is 0.575. The van der Waals surface area contributed by atoms with Crippen molar-refractivity contribution in [3.05, 3.63) is 0 Å². The molecule has 0 spiro atoms. The molecule has 1 atom stereocenters. The van der Waals surface area contributed by atoms with Crippen LogP contribution in [0.1, 0.15) is 13.3 Å². The van der Waals surface area contributed by atoms with E-state index in [0.717, 1.165) is 0 Å². The number of rotatable bonds is 6. The summed E-state index contributed by atoms with van der Waals surface area (Å²) in [5.74, 6) is 0. The molecule has 0 rings (SSSR count). The summed E-state index contributed by atoms with van der Waals surface area (Å²) in [6.45, 7) is 0.830. The molecule has 15 heavy (non-hydrogen) atoms. The molecule has 0 amide bonds. The molecule has 8 nitrogen and oxygen atoms in total. The van der Waals surface area contributed by atoms with Crippen molar-refractivity contribution >= 4 is 39.7 Å². The van der Waals surface area contributed by atoms with Gasteiger partial charge in [0.1, 0.15) is 0 Å². The molecule has 0 radical (unpaired) electrons. The van der Waals surface area contributed by atoms with Crippen molar-refractivity contribution in [1.29, 1.82) is 0 Å². The molecule has 0 aliphatic carbocycles. The Hall–Kier alpha value is 0.337. The van der Waals surface area contributed by atoms with Gasteiger partial charge in [0.2, 0.25) is 0 Å². The van der Waals surface area contributed by atoms with Crippen LogP contribution >= 0.6 is 0 Å². The summed E-state index contributed by atoms with van der Waals surface area (Å²) in [5, 5.41) is 0. The predicted molar refractivity (Wildman–Crippen MR) is 51.4 cm³/mol. The Morgan fingerprint density at radius 1 is 1.13 bits per heavy atom. The van der Waals surface area contributed by atoms with E-state index in [2.05, 4.69) is 8.37 Å². The molecule has 0 heterocycles. The molecule has 0 aromatic rings. The molecule has 0 saturated carbocycles. The third-order valence-electron chi connectivity index (χ3n) is 1.04. The average molecular weight is 258 g/mol. The van der Waals surface area contributed by atoms with E-state index in [9.17, 15) is 16.8 Å². The van der Waals surface area contributed by atoms with Crippen LogP contribution in [-0.2, 0) is 29.2 Å². The Balaban J connectivity index is 0. The second-order valence-electron chi connectivity index (χ2n) is 2.37. The fraction of sp³-hybridized carbons (Fsp3) is 1.00. The van der Waals surface area contributed by atoms with Gasteiger partial charge in [-0.1, -0.05) is 0 Å². The van der Waals surface area contributed by atoms with E-state index in [1.165, 1.54) is 6.92 Å². The molecule has 11 heteroatoms. The van der Waals surface area contributed by atoms with Crippen LogP contribution in [0.15, 0.2) is 0 Å². The number of hydrogen-bond donors (Lipinski definition) is 2. The Bertz CT molecular complexity index is 358. The Labute approximate surface area is 100 Å². The zero-order valence-electron chi connectivity index (χ0n) is 7.15. The molecule has 0 fully saturated rings. The summed E-state index contributed by atoms with van der Waals surface area (Å²) in [6, 6.07) is 0. The topological polar surface area (TPSA) is 127 Å². The third kappa shape index (κ3) is 14.3. The maximum absolute atomic E-state index is 10.1. The van der Waals surface area contributed by atoms with Gasteiger partial charge in [-0.25, -0.2) is 8.37 Å². The van der Waals surface area contributed by atoms with E-state index in [1.807, 2.05) is 0 Å². The van der Waals surface area contributed by atoms with Crippen molar-refractivity contribution in [2.45, 2.75) is 19.4 Å². The summed E-state index contributed by atoms with van der Waals surface area (Å²) < 4.78 is 64.5. The van der Waals surface area contributed by atoms with E-state index in [1.54, 1.807) is 0 Å². The SMILES string of the molecule is CC(CCOS(=O)(=O)O)OS(=O)(=O)O.[LiH]. The molecule has 1 unspecified atom stereocenters. The summed E-state index contributed by atoms with van der Waals surface area (Å²) >= 11 is 0. The Morgan fingerprint density at radius 3 is 1.93 bits per heavy atom. The van der Waals surface area contributed by atoms with E-state index < -0.39 is 33.5 Å². The van der Waals surface area contributed by atoms with Crippen molar-refractivity contribution in [2.75, 3.05) is 6.61 Å². The average Bonchev–Trinajstić information content (AvgIpc) is 1.78. The maximum atomic E-state index is 10.1. The van der Waals surface area contributed by atoms with Crippen LogP contribution in [0, 0.1) is 0 Å². The van der Waals surface area contributed by atoms with Gasteiger partial charge in [-0.2, -0.15) is 16.8 Å². The summed E-state index contributed by atoms with van der Waals surface area (Å²) in [6.07, 6.45) is -1.08. The van der Waals surface area contributed by atoms with Crippen LogP contribution in [0.3, 0.4) is 0 Å². The Kier molecular flexibility index (Phi) is 8.06. The molecular formula is C4H11LiO8S2.